The molecule has 0 N–H and O–H groups in total. The molecule has 2 aliphatic rings. The van der Waals surface area contributed by atoms with Gasteiger partial charge < -0.3 is 4.74 Å². The fourth-order valence-corrected chi connectivity index (χ4v) is 3.86. The lowest BCUT2D eigenvalue weighted by Gasteiger charge is -2.08. The van der Waals surface area contributed by atoms with Crippen LogP contribution in [0.4, 0.5) is 0 Å². The van der Waals surface area contributed by atoms with Gasteiger partial charge in [0.2, 0.25) is 0 Å². The first-order valence-electron chi connectivity index (χ1n) is 9.87. The van der Waals surface area contributed by atoms with Crippen molar-refractivity contribution in [1.29, 1.82) is 0 Å². The first kappa shape index (κ1) is 17.8. The molecule has 0 aromatic carbocycles. The lowest BCUT2D eigenvalue weighted by atomic mass is 9.99. The van der Waals surface area contributed by atoms with Crippen LogP contribution in [-0.4, -0.2) is 18.0 Å². The van der Waals surface area contributed by atoms with Gasteiger partial charge in [-0.2, -0.15) is 0 Å². The molecule has 1 fully saturated rings. The van der Waals surface area contributed by atoms with E-state index in [-0.39, 0.29) is 5.54 Å². The minimum absolute atomic E-state index is 0.0217. The average Bonchev–Trinajstić information content (AvgIpc) is 3.10. The van der Waals surface area contributed by atoms with Crippen LogP contribution in [0.3, 0.4) is 0 Å². The minimum Gasteiger partial charge on any atom is -0.478 e. The van der Waals surface area contributed by atoms with Gasteiger partial charge in [0.15, 0.2) is 5.90 Å². The Morgan fingerprint density at radius 2 is 1.50 bits per heavy atom. The van der Waals surface area contributed by atoms with Crippen molar-refractivity contribution >= 4 is 5.90 Å². The number of aliphatic imine (C=N–C) groups is 1. The van der Waals surface area contributed by atoms with E-state index in [4.69, 9.17) is 4.74 Å². The molecule has 0 saturated heterocycles. The molecule has 0 unspecified atom stereocenters. The predicted molar refractivity (Wildman–Crippen MR) is 95.6 cm³/mol. The summed E-state index contributed by atoms with van der Waals surface area (Å²) in [5, 5.41) is 0. The van der Waals surface area contributed by atoms with E-state index in [9.17, 15) is 0 Å². The van der Waals surface area contributed by atoms with Crippen LogP contribution < -0.4 is 0 Å². The first-order chi connectivity index (χ1) is 10.7. The van der Waals surface area contributed by atoms with Crippen LogP contribution in [0.5, 0.6) is 0 Å². The summed E-state index contributed by atoms with van der Waals surface area (Å²) in [4.78, 5) is 4.62. The lowest BCUT2D eigenvalue weighted by molar-refractivity contribution is 0.273. The summed E-state index contributed by atoms with van der Waals surface area (Å²) in [6, 6.07) is 0. The third-order valence-corrected chi connectivity index (χ3v) is 5.25. The van der Waals surface area contributed by atoms with Crippen molar-refractivity contribution in [3.05, 3.63) is 0 Å². The maximum absolute atomic E-state index is 5.63. The molecule has 1 heterocycles. The molecule has 0 atom stereocenters. The second-order valence-corrected chi connectivity index (χ2v) is 8.12. The van der Waals surface area contributed by atoms with Crippen molar-refractivity contribution in [3.63, 3.8) is 0 Å². The molecular weight excluding hydrogens is 270 g/mol. The molecular formula is C20H37NO. The van der Waals surface area contributed by atoms with Gasteiger partial charge in [0.25, 0.3) is 0 Å². The Hall–Kier alpha value is -0.530. The van der Waals surface area contributed by atoms with E-state index in [0.29, 0.717) is 0 Å². The molecule has 0 aromatic heterocycles. The van der Waals surface area contributed by atoms with E-state index in [0.717, 1.165) is 24.8 Å². The van der Waals surface area contributed by atoms with Crippen LogP contribution >= 0.6 is 0 Å². The van der Waals surface area contributed by atoms with Crippen molar-refractivity contribution < 1.29 is 4.74 Å². The highest BCUT2D eigenvalue weighted by Gasteiger charge is 2.25. The van der Waals surface area contributed by atoms with Crippen LogP contribution in [0.15, 0.2) is 4.99 Å². The van der Waals surface area contributed by atoms with Gasteiger partial charge >= 0.3 is 0 Å². The van der Waals surface area contributed by atoms with E-state index in [1.54, 1.807) is 0 Å². The van der Waals surface area contributed by atoms with E-state index >= 15 is 0 Å². The highest BCUT2D eigenvalue weighted by Crippen LogP contribution is 2.29. The van der Waals surface area contributed by atoms with Gasteiger partial charge in [-0.3, -0.25) is 0 Å². The Morgan fingerprint density at radius 1 is 0.909 bits per heavy atom. The zero-order chi connectivity index (χ0) is 15.7. The number of rotatable bonds is 11. The zero-order valence-corrected chi connectivity index (χ0v) is 15.0. The molecule has 1 aliphatic carbocycles. The molecule has 0 amide bonds. The normalized spacial score (nSPS) is 21.1. The van der Waals surface area contributed by atoms with Gasteiger partial charge in [-0.05, 0) is 26.2 Å². The van der Waals surface area contributed by atoms with Gasteiger partial charge in [0, 0.05) is 6.42 Å². The van der Waals surface area contributed by atoms with Crippen molar-refractivity contribution in [1.82, 2.24) is 0 Å². The fourth-order valence-electron chi connectivity index (χ4n) is 3.86. The number of nitrogens with zero attached hydrogens (tertiary/aromatic N) is 1. The molecule has 128 valence electrons. The van der Waals surface area contributed by atoms with Gasteiger partial charge in [0.1, 0.15) is 6.61 Å². The standard InChI is InChI=1S/C20H37NO/c1-20(2)17-22-19(21-20)16-10-8-6-4-3-5-7-9-13-18-14-11-12-15-18/h18H,3-17H2,1-2H3. The summed E-state index contributed by atoms with van der Waals surface area (Å²) in [7, 11) is 0. The number of ether oxygens (including phenoxy) is 1. The Balaban J connectivity index is 1.33. The quantitative estimate of drug-likeness (QED) is 0.411. The largest absolute Gasteiger partial charge is 0.478 e. The van der Waals surface area contributed by atoms with E-state index < -0.39 is 0 Å². The molecule has 22 heavy (non-hydrogen) atoms. The summed E-state index contributed by atoms with van der Waals surface area (Å²) < 4.78 is 5.63. The van der Waals surface area contributed by atoms with Crippen LogP contribution in [0.1, 0.15) is 104 Å². The average molecular weight is 308 g/mol. The van der Waals surface area contributed by atoms with Crippen LogP contribution in [-0.2, 0) is 4.74 Å². The molecule has 2 rings (SSSR count). The topological polar surface area (TPSA) is 21.6 Å². The Bertz CT molecular complexity index is 329. The monoisotopic (exact) mass is 307 g/mol. The molecule has 2 nitrogen and oxygen atoms in total. The maximum Gasteiger partial charge on any atom is 0.183 e. The summed E-state index contributed by atoms with van der Waals surface area (Å²) in [5.41, 5.74) is 0.0217. The van der Waals surface area contributed by atoms with Crippen LogP contribution in [0.2, 0.25) is 0 Å². The van der Waals surface area contributed by atoms with Gasteiger partial charge in [-0.25, -0.2) is 4.99 Å². The minimum atomic E-state index is 0.0217. The fraction of sp³-hybridized carbons (Fsp3) is 0.950. The van der Waals surface area contributed by atoms with E-state index in [2.05, 4.69) is 18.8 Å². The smallest absolute Gasteiger partial charge is 0.183 e. The Kier molecular flexibility index (Phi) is 7.75. The third kappa shape index (κ3) is 7.15. The summed E-state index contributed by atoms with van der Waals surface area (Å²) >= 11 is 0. The van der Waals surface area contributed by atoms with E-state index in [1.807, 2.05) is 0 Å². The summed E-state index contributed by atoms with van der Waals surface area (Å²) in [5.74, 6) is 2.09. The highest BCUT2D eigenvalue weighted by atomic mass is 16.5. The summed E-state index contributed by atoms with van der Waals surface area (Å²) in [6.07, 6.45) is 19.8. The Labute approximate surface area is 138 Å². The molecule has 1 aliphatic heterocycles. The number of unbranched alkanes of at least 4 members (excludes halogenated alkanes) is 7. The zero-order valence-electron chi connectivity index (χ0n) is 15.0. The van der Waals surface area contributed by atoms with E-state index in [1.165, 1.54) is 83.5 Å². The van der Waals surface area contributed by atoms with Crippen molar-refractivity contribution in [2.75, 3.05) is 6.61 Å². The highest BCUT2D eigenvalue weighted by molar-refractivity contribution is 5.78. The Morgan fingerprint density at radius 3 is 2.09 bits per heavy atom. The van der Waals surface area contributed by atoms with Crippen LogP contribution in [0.25, 0.3) is 0 Å². The molecule has 1 saturated carbocycles. The van der Waals surface area contributed by atoms with Crippen molar-refractivity contribution in [2.45, 2.75) is 109 Å². The third-order valence-electron chi connectivity index (χ3n) is 5.25. The van der Waals surface area contributed by atoms with Crippen molar-refractivity contribution in [2.24, 2.45) is 10.9 Å². The SMILES string of the molecule is CC1(C)COC(CCCCCCCCCCC2CCCC2)=N1. The molecule has 0 radical (unpaired) electrons. The van der Waals surface area contributed by atoms with Gasteiger partial charge in [-0.15, -0.1) is 0 Å². The molecule has 0 bridgehead atoms. The molecule has 0 spiro atoms. The van der Waals surface area contributed by atoms with Crippen LogP contribution in [0, 0.1) is 5.92 Å². The second-order valence-electron chi connectivity index (χ2n) is 8.12. The van der Waals surface area contributed by atoms with Crippen molar-refractivity contribution in [3.8, 4) is 0 Å². The first-order valence-corrected chi connectivity index (χ1v) is 9.87. The number of hydrogen-bond acceptors (Lipinski definition) is 2. The maximum atomic E-state index is 5.63. The second kappa shape index (κ2) is 9.57. The summed E-state index contributed by atoms with van der Waals surface area (Å²) in [6.45, 7) is 5.06. The predicted octanol–water partition coefficient (Wildman–Crippen LogP) is 6.28. The lowest BCUT2D eigenvalue weighted by Crippen LogP contribution is -2.17. The molecule has 0 aromatic rings. The molecule has 2 heteroatoms. The van der Waals surface area contributed by atoms with Gasteiger partial charge in [0.05, 0.1) is 5.54 Å². The number of hydrogen-bond donors (Lipinski definition) is 0. The van der Waals surface area contributed by atoms with Gasteiger partial charge in [-0.1, -0.05) is 77.0 Å².